The van der Waals surface area contributed by atoms with Gasteiger partial charge in [0, 0.05) is 16.5 Å². The maximum atomic E-state index is 13.2. The van der Waals surface area contributed by atoms with Crippen molar-refractivity contribution in [2.75, 3.05) is 19.5 Å². The number of rotatable bonds is 5. The van der Waals surface area contributed by atoms with E-state index in [0.29, 0.717) is 22.3 Å². The molecule has 28 heavy (non-hydrogen) atoms. The largest absolute Gasteiger partial charge is 0.493 e. The quantitative estimate of drug-likeness (QED) is 0.609. The second-order valence-electron chi connectivity index (χ2n) is 5.53. The number of nitrogens with one attached hydrogen (secondary N) is 2. The highest BCUT2D eigenvalue weighted by Gasteiger charge is 2.12. The third kappa shape index (κ3) is 4.62. The van der Waals surface area contributed by atoms with Crippen molar-refractivity contribution in [2.45, 2.75) is 0 Å². The number of carbonyl (C=O) groups excluding carboxylic acids is 1. The molecule has 0 atom stereocenters. The van der Waals surface area contributed by atoms with Crippen LogP contribution >= 0.6 is 23.6 Å². The fraction of sp³-hybridized carbons (Fsp3) is 0.105. The highest BCUT2D eigenvalue weighted by molar-refractivity contribution is 7.80. The number of aromatic nitrogens is 1. The van der Waals surface area contributed by atoms with Gasteiger partial charge in [-0.1, -0.05) is 6.07 Å². The van der Waals surface area contributed by atoms with Gasteiger partial charge >= 0.3 is 0 Å². The number of hydrogen-bond acceptors (Lipinski definition) is 6. The summed E-state index contributed by atoms with van der Waals surface area (Å²) in [4.78, 5) is 16.6. The summed E-state index contributed by atoms with van der Waals surface area (Å²) in [5, 5.41) is 7.78. The molecule has 3 aromatic rings. The molecule has 2 N–H and O–H groups in total. The molecule has 1 amide bonds. The monoisotopic (exact) mass is 417 g/mol. The Morgan fingerprint density at radius 3 is 2.64 bits per heavy atom. The second-order valence-corrected chi connectivity index (χ2v) is 6.79. The first-order chi connectivity index (χ1) is 13.5. The fourth-order valence-corrected chi connectivity index (χ4v) is 3.37. The number of benzene rings is 2. The normalized spacial score (nSPS) is 10.2. The van der Waals surface area contributed by atoms with Gasteiger partial charge in [0.1, 0.15) is 5.82 Å². The highest BCUT2D eigenvalue weighted by atomic mass is 32.1. The van der Waals surface area contributed by atoms with Crippen LogP contribution in [0.5, 0.6) is 11.5 Å². The van der Waals surface area contributed by atoms with Gasteiger partial charge in [-0.15, -0.1) is 11.3 Å². The number of anilines is 1. The lowest BCUT2D eigenvalue weighted by molar-refractivity contribution is 0.0977. The molecule has 0 radical (unpaired) electrons. The minimum atomic E-state index is -0.506. The molecular weight excluding hydrogens is 401 g/mol. The Kier molecular flexibility index (Phi) is 6.17. The number of carbonyl (C=O) groups is 1. The summed E-state index contributed by atoms with van der Waals surface area (Å²) in [6.45, 7) is 0. The number of hydrogen-bond donors (Lipinski definition) is 2. The van der Waals surface area contributed by atoms with Crippen LogP contribution in [-0.2, 0) is 0 Å². The zero-order valence-corrected chi connectivity index (χ0v) is 16.6. The number of methoxy groups -OCH3 is 2. The Bertz CT molecular complexity index is 1020. The molecule has 144 valence electrons. The molecule has 0 aliphatic rings. The van der Waals surface area contributed by atoms with Gasteiger partial charge in [-0.2, -0.15) is 0 Å². The first-order valence-corrected chi connectivity index (χ1v) is 9.34. The summed E-state index contributed by atoms with van der Waals surface area (Å²) in [6.07, 6.45) is 0. The van der Waals surface area contributed by atoms with E-state index in [1.165, 1.54) is 29.5 Å². The number of thiazole rings is 1. The van der Waals surface area contributed by atoms with Gasteiger partial charge in [0.2, 0.25) is 0 Å². The first kappa shape index (κ1) is 19.7. The molecule has 0 aliphatic heterocycles. The van der Waals surface area contributed by atoms with Crippen molar-refractivity contribution < 1.29 is 18.7 Å². The zero-order chi connectivity index (χ0) is 20.1. The minimum Gasteiger partial charge on any atom is -0.493 e. The van der Waals surface area contributed by atoms with Crippen LogP contribution < -0.4 is 20.1 Å². The molecule has 9 heteroatoms. The van der Waals surface area contributed by atoms with Gasteiger partial charge in [-0.25, -0.2) is 9.37 Å². The van der Waals surface area contributed by atoms with Gasteiger partial charge in [0.25, 0.3) is 5.91 Å². The lowest BCUT2D eigenvalue weighted by Gasteiger charge is -2.08. The standard InChI is InChI=1S/C19H16FN3O3S2/c1-25-15-7-6-11(9-16(15)26-2)14-10-28-19(21-14)23-18(27)22-17(24)12-4-3-5-13(20)8-12/h3-10H,1-2H3,(H2,21,22,23,24,27). The number of amides is 1. The SMILES string of the molecule is COc1ccc(-c2csc(NC(=S)NC(=O)c3cccc(F)c3)n2)cc1OC. The Morgan fingerprint density at radius 2 is 1.93 bits per heavy atom. The van der Waals surface area contributed by atoms with Gasteiger partial charge in [-0.05, 0) is 48.6 Å². The van der Waals surface area contributed by atoms with Crippen LogP contribution in [0.25, 0.3) is 11.3 Å². The van der Waals surface area contributed by atoms with E-state index < -0.39 is 11.7 Å². The van der Waals surface area contributed by atoms with Gasteiger partial charge < -0.3 is 14.8 Å². The smallest absolute Gasteiger partial charge is 0.257 e. The molecule has 0 fully saturated rings. The number of halogens is 1. The Balaban J connectivity index is 1.67. The molecule has 1 aromatic heterocycles. The molecule has 3 rings (SSSR count). The van der Waals surface area contributed by atoms with E-state index >= 15 is 0 Å². The van der Waals surface area contributed by atoms with Crippen molar-refractivity contribution in [1.29, 1.82) is 0 Å². The molecule has 0 bridgehead atoms. The number of thiocarbonyl (C=S) groups is 1. The second kappa shape index (κ2) is 8.77. The zero-order valence-electron chi connectivity index (χ0n) is 15.0. The minimum absolute atomic E-state index is 0.0717. The van der Waals surface area contributed by atoms with Gasteiger partial charge in [-0.3, -0.25) is 10.1 Å². The summed E-state index contributed by atoms with van der Waals surface area (Å²) in [7, 11) is 3.14. The van der Waals surface area contributed by atoms with E-state index in [4.69, 9.17) is 21.7 Å². The van der Waals surface area contributed by atoms with Crippen LogP contribution in [0.15, 0.2) is 47.8 Å². The first-order valence-electron chi connectivity index (χ1n) is 8.06. The van der Waals surface area contributed by atoms with Crippen LogP contribution in [-0.4, -0.2) is 30.2 Å². The summed E-state index contributed by atoms with van der Waals surface area (Å²) in [6, 6.07) is 10.8. The van der Waals surface area contributed by atoms with Crippen LogP contribution in [0.3, 0.4) is 0 Å². The molecule has 1 heterocycles. The van der Waals surface area contributed by atoms with Gasteiger partial charge in [0.05, 0.1) is 19.9 Å². The number of nitrogens with zero attached hydrogens (tertiary/aromatic N) is 1. The van der Waals surface area contributed by atoms with Crippen molar-refractivity contribution in [3.63, 3.8) is 0 Å². The van der Waals surface area contributed by atoms with E-state index in [-0.39, 0.29) is 10.7 Å². The number of ether oxygens (including phenoxy) is 2. The molecule has 0 spiro atoms. The van der Waals surface area contributed by atoms with Crippen molar-refractivity contribution in [2.24, 2.45) is 0 Å². The molecule has 0 aliphatic carbocycles. The maximum absolute atomic E-state index is 13.2. The van der Waals surface area contributed by atoms with Crippen LogP contribution in [0.2, 0.25) is 0 Å². The molecule has 0 saturated heterocycles. The molecule has 0 unspecified atom stereocenters. The summed E-state index contributed by atoms with van der Waals surface area (Å²) < 4.78 is 23.8. The van der Waals surface area contributed by atoms with E-state index in [1.807, 2.05) is 17.5 Å². The lowest BCUT2D eigenvalue weighted by atomic mass is 10.1. The van der Waals surface area contributed by atoms with Crippen molar-refractivity contribution >= 4 is 39.7 Å². The van der Waals surface area contributed by atoms with E-state index in [1.54, 1.807) is 20.3 Å². The van der Waals surface area contributed by atoms with E-state index in [9.17, 15) is 9.18 Å². The Hall–Kier alpha value is -3.04. The summed E-state index contributed by atoms with van der Waals surface area (Å²) in [5.74, 6) is 0.223. The predicted octanol–water partition coefficient (Wildman–Crippen LogP) is 4.09. The van der Waals surface area contributed by atoms with Crippen LogP contribution in [0.1, 0.15) is 10.4 Å². The topological polar surface area (TPSA) is 72.5 Å². The lowest BCUT2D eigenvalue weighted by Crippen LogP contribution is -2.34. The molecule has 2 aromatic carbocycles. The van der Waals surface area contributed by atoms with Gasteiger partial charge in [0.15, 0.2) is 21.7 Å². The van der Waals surface area contributed by atoms with Crippen molar-refractivity contribution in [3.8, 4) is 22.8 Å². The third-order valence-corrected chi connectivity index (χ3v) is 4.68. The summed E-state index contributed by atoms with van der Waals surface area (Å²) >= 11 is 6.47. The van der Waals surface area contributed by atoms with Crippen LogP contribution in [0, 0.1) is 5.82 Å². The Labute approximate surface area is 170 Å². The molecular formula is C19H16FN3O3S2. The van der Waals surface area contributed by atoms with Crippen molar-refractivity contribution in [1.82, 2.24) is 10.3 Å². The van der Waals surface area contributed by atoms with E-state index in [2.05, 4.69) is 15.6 Å². The molecule has 0 saturated carbocycles. The predicted molar refractivity (Wildman–Crippen MR) is 111 cm³/mol. The highest BCUT2D eigenvalue weighted by Crippen LogP contribution is 2.33. The average molecular weight is 417 g/mol. The average Bonchev–Trinajstić information content (AvgIpc) is 3.15. The summed E-state index contributed by atoms with van der Waals surface area (Å²) in [5.41, 5.74) is 1.73. The third-order valence-electron chi connectivity index (χ3n) is 3.72. The Morgan fingerprint density at radius 1 is 1.14 bits per heavy atom. The maximum Gasteiger partial charge on any atom is 0.257 e. The molecule has 6 nitrogen and oxygen atoms in total. The van der Waals surface area contributed by atoms with Crippen LogP contribution in [0.4, 0.5) is 9.52 Å². The van der Waals surface area contributed by atoms with Crippen molar-refractivity contribution in [3.05, 3.63) is 59.2 Å². The van der Waals surface area contributed by atoms with E-state index in [0.717, 1.165) is 11.6 Å². The fourth-order valence-electron chi connectivity index (χ4n) is 2.39.